The summed E-state index contributed by atoms with van der Waals surface area (Å²) in [7, 11) is 0. The monoisotopic (exact) mass is 133 g/mol. The summed E-state index contributed by atoms with van der Waals surface area (Å²) in [6, 6.07) is 9.07. The summed E-state index contributed by atoms with van der Waals surface area (Å²) in [6.45, 7) is 0.855. The third-order valence-electron chi connectivity index (χ3n) is 1.74. The fraction of sp³-hybridized carbons (Fsp3) is 0.333. The molecule has 1 nitrogen and oxygen atoms in total. The molecule has 0 spiro atoms. The molecule has 1 heterocycles. The van der Waals surface area contributed by atoms with Crippen molar-refractivity contribution in [1.82, 2.24) is 0 Å². The fourth-order valence-corrected chi connectivity index (χ4v) is 1.22. The summed E-state index contributed by atoms with van der Waals surface area (Å²) in [5.41, 5.74) is 1.30. The maximum Gasteiger partial charge on any atom is 0.130 e. The first kappa shape index (κ1) is 5.78. The molecule has 0 aromatic heterocycles. The van der Waals surface area contributed by atoms with Gasteiger partial charge in [-0.2, -0.15) is 0 Å². The van der Waals surface area contributed by atoms with Crippen molar-refractivity contribution in [2.75, 3.05) is 6.61 Å². The smallest absolute Gasteiger partial charge is 0.130 e. The Morgan fingerprint density at radius 3 is 3.40 bits per heavy atom. The second kappa shape index (κ2) is 2.33. The Morgan fingerprint density at radius 1 is 1.50 bits per heavy atom. The van der Waals surface area contributed by atoms with Gasteiger partial charge in [0.1, 0.15) is 5.75 Å². The van der Waals surface area contributed by atoms with Crippen LogP contribution in [0.4, 0.5) is 0 Å². The zero-order valence-electron chi connectivity index (χ0n) is 5.76. The zero-order valence-corrected chi connectivity index (χ0v) is 5.76. The van der Waals surface area contributed by atoms with Crippen molar-refractivity contribution in [2.45, 2.75) is 12.8 Å². The Morgan fingerprint density at radius 2 is 2.50 bits per heavy atom. The molecule has 1 aliphatic rings. The molecule has 51 valence electrons. The quantitative estimate of drug-likeness (QED) is 0.524. The average molecular weight is 133 g/mol. The molecule has 0 fully saturated rings. The largest absolute Gasteiger partial charge is 0.493 e. The molecule has 0 atom stereocenters. The number of hydrogen-bond donors (Lipinski definition) is 0. The summed E-state index contributed by atoms with van der Waals surface area (Å²) < 4.78 is 5.37. The minimum absolute atomic E-state index is 0.855. The van der Waals surface area contributed by atoms with Gasteiger partial charge in [0.05, 0.1) is 6.61 Å². The van der Waals surface area contributed by atoms with Gasteiger partial charge in [-0.05, 0) is 18.4 Å². The van der Waals surface area contributed by atoms with Gasteiger partial charge < -0.3 is 4.74 Å². The number of fused-ring (bicyclic) bond motifs is 1. The van der Waals surface area contributed by atoms with Crippen LogP contribution in [0.1, 0.15) is 12.0 Å². The molecule has 0 unspecified atom stereocenters. The maximum absolute atomic E-state index is 5.37. The first-order valence-electron chi connectivity index (χ1n) is 3.59. The van der Waals surface area contributed by atoms with E-state index in [1.54, 1.807) is 0 Å². The van der Waals surface area contributed by atoms with Crippen molar-refractivity contribution in [3.63, 3.8) is 0 Å². The average Bonchev–Trinajstić information content (AvgIpc) is 2.05. The van der Waals surface area contributed by atoms with Crippen LogP contribution in [0.5, 0.6) is 5.75 Å². The van der Waals surface area contributed by atoms with E-state index in [0.717, 1.165) is 25.2 Å². The fourth-order valence-electron chi connectivity index (χ4n) is 1.22. The van der Waals surface area contributed by atoms with Crippen molar-refractivity contribution in [2.24, 2.45) is 0 Å². The Bertz CT molecular complexity index is 205. The van der Waals surface area contributed by atoms with Gasteiger partial charge in [-0.25, -0.2) is 0 Å². The first-order valence-corrected chi connectivity index (χ1v) is 3.59. The van der Waals surface area contributed by atoms with Crippen molar-refractivity contribution in [3.05, 3.63) is 29.8 Å². The molecular weight excluding hydrogens is 124 g/mol. The molecule has 0 amide bonds. The molecular formula is C9H9O. The second-order valence-corrected chi connectivity index (χ2v) is 2.48. The Kier molecular flexibility index (Phi) is 1.35. The summed E-state index contributed by atoms with van der Waals surface area (Å²) in [6.07, 6.45) is 2.29. The SMILES string of the molecule is [c]1cccc2c1OCCC2. The molecule has 2 rings (SSSR count). The highest BCUT2D eigenvalue weighted by molar-refractivity contribution is 5.33. The van der Waals surface area contributed by atoms with Gasteiger partial charge in [0, 0.05) is 6.07 Å². The van der Waals surface area contributed by atoms with Crippen LogP contribution < -0.4 is 4.74 Å². The molecule has 0 N–H and O–H groups in total. The van der Waals surface area contributed by atoms with Gasteiger partial charge in [-0.1, -0.05) is 18.2 Å². The van der Waals surface area contributed by atoms with E-state index in [1.807, 2.05) is 12.1 Å². The van der Waals surface area contributed by atoms with Gasteiger partial charge in [-0.15, -0.1) is 0 Å². The Labute approximate surface area is 60.6 Å². The third kappa shape index (κ3) is 0.878. The number of ether oxygens (including phenoxy) is 1. The van der Waals surface area contributed by atoms with E-state index < -0.39 is 0 Å². The lowest BCUT2D eigenvalue weighted by molar-refractivity contribution is 0.287. The molecule has 0 bridgehead atoms. The van der Waals surface area contributed by atoms with Gasteiger partial charge >= 0.3 is 0 Å². The van der Waals surface area contributed by atoms with Crippen molar-refractivity contribution >= 4 is 0 Å². The van der Waals surface area contributed by atoms with Gasteiger partial charge in [0.25, 0.3) is 0 Å². The van der Waals surface area contributed by atoms with Crippen molar-refractivity contribution in [3.8, 4) is 5.75 Å². The van der Waals surface area contributed by atoms with Crippen LogP contribution >= 0.6 is 0 Å². The minimum atomic E-state index is 0.855. The third-order valence-corrected chi connectivity index (χ3v) is 1.74. The van der Waals surface area contributed by atoms with Crippen molar-refractivity contribution in [1.29, 1.82) is 0 Å². The Balaban J connectivity index is 2.41. The molecule has 0 saturated carbocycles. The summed E-state index contributed by atoms with van der Waals surface area (Å²) in [5, 5.41) is 0. The van der Waals surface area contributed by atoms with Crippen molar-refractivity contribution < 1.29 is 4.74 Å². The predicted octanol–water partition coefficient (Wildman–Crippen LogP) is 1.81. The number of rotatable bonds is 0. The summed E-state index contributed by atoms with van der Waals surface area (Å²) in [4.78, 5) is 0. The number of aryl methyl sites for hydroxylation is 1. The summed E-state index contributed by atoms with van der Waals surface area (Å²) >= 11 is 0. The number of para-hydroxylation sites is 1. The topological polar surface area (TPSA) is 9.23 Å². The molecule has 1 aliphatic heterocycles. The zero-order chi connectivity index (χ0) is 6.81. The standard InChI is InChI=1S/C9H9O/c1-2-6-9-8(4-1)5-3-7-10-9/h1-2,4H,3,5,7H2. The Hall–Kier alpha value is -0.980. The highest BCUT2D eigenvalue weighted by Gasteiger charge is 2.07. The van der Waals surface area contributed by atoms with Crippen LogP contribution in [-0.2, 0) is 6.42 Å². The molecule has 10 heavy (non-hydrogen) atoms. The first-order chi connectivity index (χ1) is 4.97. The van der Waals surface area contributed by atoms with Gasteiger partial charge in [0.15, 0.2) is 0 Å². The highest BCUT2D eigenvalue weighted by atomic mass is 16.5. The lowest BCUT2D eigenvalue weighted by atomic mass is 10.1. The van der Waals surface area contributed by atoms with Crippen LogP contribution in [0.25, 0.3) is 0 Å². The summed E-state index contributed by atoms with van der Waals surface area (Å²) in [5.74, 6) is 0.953. The maximum atomic E-state index is 5.37. The molecule has 1 aromatic rings. The molecule has 0 aliphatic carbocycles. The van der Waals surface area contributed by atoms with E-state index in [9.17, 15) is 0 Å². The van der Waals surface area contributed by atoms with E-state index in [0.29, 0.717) is 0 Å². The van der Waals surface area contributed by atoms with Gasteiger partial charge in [0.2, 0.25) is 0 Å². The normalized spacial score (nSPS) is 15.6. The molecule has 0 saturated heterocycles. The molecule has 1 radical (unpaired) electrons. The van der Waals surface area contributed by atoms with E-state index in [4.69, 9.17) is 4.74 Å². The molecule has 1 heteroatoms. The second-order valence-electron chi connectivity index (χ2n) is 2.48. The molecule has 1 aromatic carbocycles. The van der Waals surface area contributed by atoms with E-state index >= 15 is 0 Å². The van der Waals surface area contributed by atoms with E-state index in [-0.39, 0.29) is 0 Å². The van der Waals surface area contributed by atoms with Crippen LogP contribution in [0, 0.1) is 6.07 Å². The predicted molar refractivity (Wildman–Crippen MR) is 39.1 cm³/mol. The minimum Gasteiger partial charge on any atom is -0.493 e. The van der Waals surface area contributed by atoms with Crippen LogP contribution in [-0.4, -0.2) is 6.61 Å². The highest BCUT2D eigenvalue weighted by Crippen LogP contribution is 2.22. The van der Waals surface area contributed by atoms with Gasteiger partial charge in [-0.3, -0.25) is 0 Å². The van der Waals surface area contributed by atoms with Crippen LogP contribution in [0.15, 0.2) is 18.2 Å². The lowest BCUT2D eigenvalue weighted by Crippen LogP contribution is -2.07. The van der Waals surface area contributed by atoms with Crippen LogP contribution in [0.2, 0.25) is 0 Å². The lowest BCUT2D eigenvalue weighted by Gasteiger charge is -2.15. The van der Waals surface area contributed by atoms with E-state index in [2.05, 4.69) is 12.1 Å². The van der Waals surface area contributed by atoms with E-state index in [1.165, 1.54) is 5.56 Å². The van der Waals surface area contributed by atoms with Crippen LogP contribution in [0.3, 0.4) is 0 Å². The number of benzene rings is 1. The number of hydrogen-bond acceptors (Lipinski definition) is 1.